The van der Waals surface area contributed by atoms with Gasteiger partial charge in [0.25, 0.3) is 0 Å². The monoisotopic (exact) mass is 324 g/mol. The number of nitrogens with one attached hydrogen (secondary N) is 1. The van der Waals surface area contributed by atoms with Gasteiger partial charge in [0.05, 0.1) is 5.75 Å². The number of nitrogens with zero attached hydrogens (tertiary/aromatic N) is 1. The van der Waals surface area contributed by atoms with E-state index in [1.165, 1.54) is 0 Å². The molecule has 1 atom stereocenters. The molecule has 1 aromatic rings. The summed E-state index contributed by atoms with van der Waals surface area (Å²) < 4.78 is 26.9. The molecular weight excluding hydrogens is 300 g/mol. The maximum absolute atomic E-state index is 12.1. The Morgan fingerprint density at radius 2 is 1.95 bits per heavy atom. The SMILES string of the molecule is CC(C)N1CC(NS(=O)(=O)CCCc2ccccc2)CC1=O. The summed E-state index contributed by atoms with van der Waals surface area (Å²) in [7, 11) is -3.34. The average molecular weight is 324 g/mol. The van der Waals surface area contributed by atoms with Crippen molar-refractivity contribution in [2.75, 3.05) is 12.3 Å². The van der Waals surface area contributed by atoms with Gasteiger partial charge in [0.15, 0.2) is 0 Å². The number of hydrogen-bond donors (Lipinski definition) is 1. The van der Waals surface area contributed by atoms with Crippen LogP contribution in [0.2, 0.25) is 0 Å². The van der Waals surface area contributed by atoms with Gasteiger partial charge in [0.2, 0.25) is 15.9 Å². The molecule has 0 aromatic heterocycles. The molecule has 1 saturated heterocycles. The summed E-state index contributed by atoms with van der Waals surface area (Å²) in [4.78, 5) is 13.5. The Morgan fingerprint density at radius 1 is 1.27 bits per heavy atom. The maximum Gasteiger partial charge on any atom is 0.224 e. The van der Waals surface area contributed by atoms with Gasteiger partial charge in [0.1, 0.15) is 0 Å². The molecule has 1 amide bonds. The van der Waals surface area contributed by atoms with Crippen molar-refractivity contribution in [1.29, 1.82) is 0 Å². The van der Waals surface area contributed by atoms with Crippen LogP contribution in [0.3, 0.4) is 0 Å². The second kappa shape index (κ2) is 7.24. The van der Waals surface area contributed by atoms with Crippen LogP contribution in [-0.4, -0.2) is 43.6 Å². The fraction of sp³-hybridized carbons (Fsp3) is 0.562. The van der Waals surface area contributed by atoms with Crippen molar-refractivity contribution >= 4 is 15.9 Å². The summed E-state index contributed by atoms with van der Waals surface area (Å²) in [5.41, 5.74) is 1.14. The zero-order valence-electron chi connectivity index (χ0n) is 13.2. The summed E-state index contributed by atoms with van der Waals surface area (Å²) in [5, 5.41) is 0. The van der Waals surface area contributed by atoms with Gasteiger partial charge < -0.3 is 4.90 Å². The van der Waals surface area contributed by atoms with E-state index in [9.17, 15) is 13.2 Å². The first-order valence-electron chi connectivity index (χ1n) is 7.71. The van der Waals surface area contributed by atoms with Crippen LogP contribution in [-0.2, 0) is 21.2 Å². The molecule has 1 aromatic carbocycles. The van der Waals surface area contributed by atoms with E-state index in [1.807, 2.05) is 44.2 Å². The van der Waals surface area contributed by atoms with Crippen molar-refractivity contribution in [1.82, 2.24) is 9.62 Å². The Kier molecular flexibility index (Phi) is 5.58. The van der Waals surface area contributed by atoms with Crippen LogP contribution in [0.1, 0.15) is 32.3 Å². The number of carbonyl (C=O) groups excluding carboxylic acids is 1. The first-order valence-corrected chi connectivity index (χ1v) is 9.36. The number of sulfonamides is 1. The lowest BCUT2D eigenvalue weighted by molar-refractivity contribution is -0.129. The summed E-state index contributed by atoms with van der Waals surface area (Å²) in [6, 6.07) is 9.65. The van der Waals surface area contributed by atoms with Crippen LogP contribution >= 0.6 is 0 Å². The molecule has 0 saturated carbocycles. The molecule has 0 bridgehead atoms. The van der Waals surface area contributed by atoms with Crippen LogP contribution in [0.25, 0.3) is 0 Å². The molecule has 1 heterocycles. The molecule has 2 rings (SSSR count). The zero-order valence-corrected chi connectivity index (χ0v) is 14.0. The largest absolute Gasteiger partial charge is 0.339 e. The summed E-state index contributed by atoms with van der Waals surface area (Å²) in [6.07, 6.45) is 1.58. The van der Waals surface area contributed by atoms with E-state index >= 15 is 0 Å². The van der Waals surface area contributed by atoms with Gasteiger partial charge in [-0.2, -0.15) is 0 Å². The first-order chi connectivity index (χ1) is 10.4. The minimum atomic E-state index is -3.34. The van der Waals surface area contributed by atoms with Gasteiger partial charge in [-0.15, -0.1) is 0 Å². The van der Waals surface area contributed by atoms with E-state index < -0.39 is 10.0 Å². The summed E-state index contributed by atoms with van der Waals surface area (Å²) in [6.45, 7) is 4.34. The third kappa shape index (κ3) is 4.81. The van der Waals surface area contributed by atoms with Crippen molar-refractivity contribution < 1.29 is 13.2 Å². The van der Waals surface area contributed by atoms with E-state index in [4.69, 9.17) is 0 Å². The number of aryl methyl sites for hydroxylation is 1. The zero-order chi connectivity index (χ0) is 16.2. The number of benzene rings is 1. The predicted molar refractivity (Wildman–Crippen MR) is 86.9 cm³/mol. The molecule has 5 nitrogen and oxygen atoms in total. The Hall–Kier alpha value is -1.40. The molecular formula is C16H24N2O3S. The second-order valence-corrected chi connectivity index (χ2v) is 7.94. The Balaban J connectivity index is 1.80. The Bertz CT molecular complexity index is 599. The van der Waals surface area contributed by atoms with Crippen LogP contribution < -0.4 is 4.72 Å². The number of amides is 1. The molecule has 0 aliphatic carbocycles. The van der Waals surface area contributed by atoms with E-state index in [0.717, 1.165) is 12.0 Å². The van der Waals surface area contributed by atoms with E-state index in [1.54, 1.807) is 4.90 Å². The molecule has 1 unspecified atom stereocenters. The van der Waals surface area contributed by atoms with Gasteiger partial charge in [-0.25, -0.2) is 13.1 Å². The molecule has 1 N–H and O–H groups in total. The average Bonchev–Trinajstić information content (AvgIpc) is 2.80. The maximum atomic E-state index is 12.1. The standard InChI is InChI=1S/C16H24N2O3S/c1-13(2)18-12-15(11-16(18)19)17-22(20,21)10-6-9-14-7-4-3-5-8-14/h3-5,7-8,13,15,17H,6,9-12H2,1-2H3. The highest BCUT2D eigenvalue weighted by molar-refractivity contribution is 7.89. The minimum Gasteiger partial charge on any atom is -0.339 e. The predicted octanol–water partition coefficient (Wildman–Crippen LogP) is 1.55. The van der Waals surface area contributed by atoms with Crippen molar-refractivity contribution in [3.63, 3.8) is 0 Å². The molecule has 0 radical (unpaired) electrons. The van der Waals surface area contributed by atoms with E-state index in [0.29, 0.717) is 13.0 Å². The molecule has 0 spiro atoms. The third-order valence-corrected chi connectivity index (χ3v) is 5.37. The van der Waals surface area contributed by atoms with Crippen LogP contribution in [0.4, 0.5) is 0 Å². The highest BCUT2D eigenvalue weighted by Crippen LogP contribution is 2.15. The van der Waals surface area contributed by atoms with Gasteiger partial charge >= 0.3 is 0 Å². The van der Waals surface area contributed by atoms with Crippen LogP contribution in [0.15, 0.2) is 30.3 Å². The smallest absolute Gasteiger partial charge is 0.224 e. The molecule has 1 aliphatic rings. The van der Waals surface area contributed by atoms with Crippen molar-refractivity contribution in [2.24, 2.45) is 0 Å². The molecule has 1 fully saturated rings. The topological polar surface area (TPSA) is 66.5 Å². The van der Waals surface area contributed by atoms with Crippen molar-refractivity contribution in [2.45, 2.75) is 45.2 Å². The second-order valence-electron chi connectivity index (χ2n) is 6.07. The van der Waals surface area contributed by atoms with Crippen LogP contribution in [0.5, 0.6) is 0 Å². The minimum absolute atomic E-state index is 0.0204. The quantitative estimate of drug-likeness (QED) is 0.827. The van der Waals surface area contributed by atoms with Crippen molar-refractivity contribution in [3.8, 4) is 0 Å². The highest BCUT2D eigenvalue weighted by atomic mass is 32.2. The fourth-order valence-corrected chi connectivity index (χ4v) is 4.04. The summed E-state index contributed by atoms with van der Waals surface area (Å²) >= 11 is 0. The lowest BCUT2D eigenvalue weighted by Crippen LogP contribution is -2.39. The Labute approximate surface area is 132 Å². The van der Waals surface area contributed by atoms with Crippen LogP contribution in [0, 0.1) is 0 Å². The van der Waals surface area contributed by atoms with Gasteiger partial charge in [-0.05, 0) is 32.3 Å². The third-order valence-electron chi connectivity index (χ3n) is 3.85. The number of rotatable bonds is 7. The fourth-order valence-electron chi connectivity index (χ4n) is 2.73. The lowest BCUT2D eigenvalue weighted by Gasteiger charge is -2.21. The highest BCUT2D eigenvalue weighted by Gasteiger charge is 2.33. The number of likely N-dealkylation sites (tertiary alicyclic amines) is 1. The number of hydrogen-bond acceptors (Lipinski definition) is 3. The van der Waals surface area contributed by atoms with Gasteiger partial charge in [0, 0.05) is 25.0 Å². The van der Waals surface area contributed by atoms with Gasteiger partial charge in [-0.3, -0.25) is 4.79 Å². The van der Waals surface area contributed by atoms with E-state index in [2.05, 4.69) is 4.72 Å². The molecule has 6 heteroatoms. The lowest BCUT2D eigenvalue weighted by atomic mass is 10.1. The Morgan fingerprint density at radius 3 is 2.55 bits per heavy atom. The summed E-state index contributed by atoms with van der Waals surface area (Å²) in [5.74, 6) is 0.112. The molecule has 22 heavy (non-hydrogen) atoms. The normalized spacial score (nSPS) is 19.1. The number of carbonyl (C=O) groups is 1. The van der Waals surface area contributed by atoms with Gasteiger partial charge in [-0.1, -0.05) is 30.3 Å². The molecule has 122 valence electrons. The van der Waals surface area contributed by atoms with E-state index in [-0.39, 0.29) is 30.2 Å². The first kappa shape index (κ1) is 17.0. The molecule has 1 aliphatic heterocycles. The van der Waals surface area contributed by atoms with Crippen molar-refractivity contribution in [3.05, 3.63) is 35.9 Å².